The Hall–Kier alpha value is -2.89. The molecular weight excluding hydrogens is 406 g/mol. The molecule has 0 bridgehead atoms. The number of benzene rings is 1. The lowest BCUT2D eigenvalue weighted by Gasteiger charge is -2.16. The molecule has 4 rings (SSSR count). The number of halogens is 1. The average Bonchev–Trinajstić information content (AvgIpc) is 3.26. The van der Waals surface area contributed by atoms with Gasteiger partial charge in [-0.05, 0) is 12.1 Å². The molecule has 5 N–H and O–H groups in total. The Balaban J connectivity index is 0.00000240. The average molecular weight is 424 g/mol. The van der Waals surface area contributed by atoms with Gasteiger partial charge in [0, 0.05) is 6.08 Å². The van der Waals surface area contributed by atoms with Gasteiger partial charge in [-0.1, -0.05) is 18.2 Å². The van der Waals surface area contributed by atoms with Crippen molar-refractivity contribution in [1.82, 2.24) is 25.7 Å². The minimum atomic E-state index is -2.83. The van der Waals surface area contributed by atoms with E-state index in [9.17, 15) is 8.96 Å². The van der Waals surface area contributed by atoms with Crippen LogP contribution in [0.4, 0.5) is 10.2 Å². The first-order valence-corrected chi connectivity index (χ1v) is 9.31. The first kappa shape index (κ1) is 20.8. The number of nitrogens with two attached hydrogens (primary N) is 1. The lowest BCUT2D eigenvalue weighted by atomic mass is 10.3. The van der Waals surface area contributed by atoms with Gasteiger partial charge in [0.1, 0.15) is 17.6 Å². The van der Waals surface area contributed by atoms with Gasteiger partial charge in [-0.15, -0.1) is 0 Å². The van der Waals surface area contributed by atoms with Crippen LogP contribution in [-0.4, -0.2) is 32.6 Å². The van der Waals surface area contributed by atoms with Gasteiger partial charge >= 0.3 is 8.25 Å². The number of fused-ring (bicyclic) bond motifs is 1. The molecule has 29 heavy (non-hydrogen) atoms. The Morgan fingerprint density at radius 1 is 1.24 bits per heavy atom. The van der Waals surface area contributed by atoms with Crippen molar-refractivity contribution in [3.8, 4) is 5.75 Å². The fourth-order valence-corrected chi connectivity index (χ4v) is 3.09. The highest BCUT2D eigenvalue weighted by atomic mass is 31.1. The molecule has 1 aliphatic heterocycles. The number of rotatable bonds is 7. The molecule has 1 aliphatic rings. The number of hydrogen-bond donors (Lipinski definition) is 2. The van der Waals surface area contributed by atoms with Gasteiger partial charge in [-0.25, -0.2) is 23.9 Å². The second-order valence-corrected chi connectivity index (χ2v) is 6.58. The van der Waals surface area contributed by atoms with E-state index in [1.165, 1.54) is 17.2 Å². The van der Waals surface area contributed by atoms with E-state index in [4.69, 9.17) is 24.3 Å². The number of ether oxygens (including phenoxy) is 2. The maximum Gasteiger partial charge on any atom is 0.369 e. The Bertz CT molecular complexity index is 1030. The van der Waals surface area contributed by atoms with Crippen molar-refractivity contribution in [3.63, 3.8) is 0 Å². The Morgan fingerprint density at radius 3 is 2.83 bits per heavy atom. The number of nitrogens with zero attached hydrogens (tertiary/aromatic N) is 4. The van der Waals surface area contributed by atoms with Crippen LogP contribution in [0.3, 0.4) is 0 Å². The Morgan fingerprint density at radius 2 is 2.03 bits per heavy atom. The summed E-state index contributed by atoms with van der Waals surface area (Å²) in [6, 6.07) is 8.55. The van der Waals surface area contributed by atoms with Crippen molar-refractivity contribution in [1.29, 1.82) is 0 Å². The highest BCUT2D eigenvalue weighted by molar-refractivity contribution is 7.33. The van der Waals surface area contributed by atoms with Crippen LogP contribution in [0.1, 0.15) is 6.23 Å². The van der Waals surface area contributed by atoms with Gasteiger partial charge in [0.15, 0.2) is 36.6 Å². The highest BCUT2D eigenvalue weighted by Gasteiger charge is 2.31. The summed E-state index contributed by atoms with van der Waals surface area (Å²) in [5.41, 5.74) is 6.38. The van der Waals surface area contributed by atoms with Crippen molar-refractivity contribution in [2.24, 2.45) is 0 Å². The van der Waals surface area contributed by atoms with E-state index >= 15 is 0 Å². The van der Waals surface area contributed by atoms with Crippen molar-refractivity contribution in [2.75, 3.05) is 12.5 Å². The monoisotopic (exact) mass is 424 g/mol. The summed E-state index contributed by atoms with van der Waals surface area (Å²) in [4.78, 5) is 11.9. The van der Waals surface area contributed by atoms with Crippen molar-refractivity contribution in [3.05, 3.63) is 54.9 Å². The summed E-state index contributed by atoms with van der Waals surface area (Å²) >= 11 is 0. The zero-order valence-electron chi connectivity index (χ0n) is 15.0. The maximum absolute atomic E-state index is 14.3. The zero-order chi connectivity index (χ0) is 19.5. The number of hydrogen-bond acceptors (Lipinski definition) is 10. The van der Waals surface area contributed by atoms with Crippen molar-refractivity contribution >= 4 is 25.2 Å². The van der Waals surface area contributed by atoms with Gasteiger partial charge in [0.2, 0.25) is 0 Å². The Labute approximate surface area is 164 Å². The standard InChI is InChI=1S/C16H15FN5O5P.H3N/c17-11-6-12(24-9-25-28(23)27-10-4-2-1-3-5-10)26-16(11)22-8-21-13-14(18)19-7-20-15(13)22;/h1-8,12,16,28H,9H2,(H2,18,19,20);1H3/t12-,16+;/m0./s1. The number of anilines is 1. The van der Waals surface area contributed by atoms with Crippen LogP contribution in [0.15, 0.2) is 54.9 Å². The molecule has 3 atom stereocenters. The van der Waals surface area contributed by atoms with Gasteiger partial charge in [-0.3, -0.25) is 9.09 Å². The van der Waals surface area contributed by atoms with E-state index in [1.807, 2.05) is 0 Å². The molecule has 0 spiro atoms. The third-order valence-corrected chi connectivity index (χ3v) is 4.54. The molecule has 1 unspecified atom stereocenters. The predicted molar refractivity (Wildman–Crippen MR) is 101 cm³/mol. The van der Waals surface area contributed by atoms with Crippen LogP contribution >= 0.6 is 8.25 Å². The largest absolute Gasteiger partial charge is 0.426 e. The fourth-order valence-electron chi connectivity index (χ4n) is 2.53. The second-order valence-electron chi connectivity index (χ2n) is 5.59. The van der Waals surface area contributed by atoms with E-state index in [2.05, 4.69) is 15.0 Å². The van der Waals surface area contributed by atoms with Gasteiger partial charge < -0.3 is 25.9 Å². The van der Waals surface area contributed by atoms with Crippen LogP contribution in [0, 0.1) is 0 Å². The first-order chi connectivity index (χ1) is 13.6. The quantitative estimate of drug-likeness (QED) is 0.426. The number of para-hydroxylation sites is 1. The van der Waals surface area contributed by atoms with Gasteiger partial charge in [0.05, 0.1) is 6.33 Å². The second kappa shape index (κ2) is 9.07. The Kier molecular flexibility index (Phi) is 6.52. The number of nitrogen functional groups attached to an aromatic ring is 1. The van der Waals surface area contributed by atoms with Crippen LogP contribution in [0.25, 0.3) is 11.2 Å². The highest BCUT2D eigenvalue weighted by Crippen LogP contribution is 2.33. The number of aromatic nitrogens is 4. The molecule has 0 aliphatic carbocycles. The topological polar surface area (TPSA) is 159 Å². The molecule has 11 nitrogen and oxygen atoms in total. The van der Waals surface area contributed by atoms with E-state index in [0.29, 0.717) is 16.9 Å². The molecule has 0 saturated carbocycles. The molecule has 2 aromatic heterocycles. The van der Waals surface area contributed by atoms with E-state index in [-0.39, 0.29) is 12.0 Å². The van der Waals surface area contributed by atoms with E-state index < -0.39 is 33.4 Å². The SMILES string of the molecule is N.Nc1ncnc2c1ncn2[C@@H]1O[C@H](OCO[PH](=O)Oc2ccccc2)C=C1F. The van der Waals surface area contributed by atoms with Gasteiger partial charge in [-0.2, -0.15) is 0 Å². The molecule has 1 aromatic carbocycles. The summed E-state index contributed by atoms with van der Waals surface area (Å²) in [6.07, 6.45) is 1.55. The van der Waals surface area contributed by atoms with Crippen molar-refractivity contribution < 1.29 is 27.5 Å². The third-order valence-electron chi connectivity index (χ3n) is 3.79. The summed E-state index contributed by atoms with van der Waals surface area (Å²) in [7, 11) is -2.83. The predicted octanol–water partition coefficient (Wildman–Crippen LogP) is 2.74. The van der Waals surface area contributed by atoms with Gasteiger partial charge in [0.25, 0.3) is 0 Å². The number of imidazole rings is 1. The molecular formula is C16H18FN6O5P. The molecule has 13 heteroatoms. The molecule has 0 radical (unpaired) electrons. The maximum atomic E-state index is 14.3. The van der Waals surface area contributed by atoms with E-state index in [0.717, 1.165) is 6.08 Å². The molecule has 0 amide bonds. The van der Waals surface area contributed by atoms with Crippen LogP contribution in [0.5, 0.6) is 5.75 Å². The molecule has 0 saturated heterocycles. The molecule has 154 valence electrons. The van der Waals surface area contributed by atoms with Crippen molar-refractivity contribution in [2.45, 2.75) is 12.5 Å². The lowest BCUT2D eigenvalue weighted by Crippen LogP contribution is -2.17. The minimum Gasteiger partial charge on any atom is -0.426 e. The minimum absolute atomic E-state index is 0. The lowest BCUT2D eigenvalue weighted by molar-refractivity contribution is -0.167. The molecule has 0 fully saturated rings. The third kappa shape index (κ3) is 4.58. The summed E-state index contributed by atoms with van der Waals surface area (Å²) in [6.45, 7) is -0.411. The summed E-state index contributed by atoms with van der Waals surface area (Å²) in [5, 5.41) is 0. The fraction of sp³-hybridized carbons (Fsp3) is 0.188. The molecule has 3 heterocycles. The summed E-state index contributed by atoms with van der Waals surface area (Å²) in [5.74, 6) is -0.0201. The molecule has 3 aromatic rings. The normalized spacial score (nSPS) is 19.6. The van der Waals surface area contributed by atoms with Crippen LogP contribution in [-0.2, 0) is 18.6 Å². The smallest absolute Gasteiger partial charge is 0.369 e. The van der Waals surface area contributed by atoms with Crippen LogP contribution in [0.2, 0.25) is 0 Å². The van der Waals surface area contributed by atoms with E-state index in [1.54, 1.807) is 30.3 Å². The first-order valence-electron chi connectivity index (χ1n) is 8.09. The van der Waals surface area contributed by atoms with Crippen LogP contribution < -0.4 is 16.4 Å². The summed E-state index contributed by atoms with van der Waals surface area (Å²) < 4.78 is 48.3. The zero-order valence-corrected chi connectivity index (χ0v) is 16.0.